The number of piperidine rings is 1. The molecule has 2 N–H and O–H groups in total. The maximum atomic E-state index is 14.0. The number of carbonyl (C=O) groups is 1. The molecule has 2 atom stereocenters. The van der Waals surface area contributed by atoms with Crippen molar-refractivity contribution in [2.45, 2.75) is 57.7 Å². The van der Waals surface area contributed by atoms with Crippen LogP contribution in [0.25, 0.3) is 0 Å². The molecule has 1 amide bonds. The first kappa shape index (κ1) is 34.5. The van der Waals surface area contributed by atoms with Crippen LogP contribution in [0, 0.1) is 11.6 Å². The number of anilines is 5. The number of amides is 1. The van der Waals surface area contributed by atoms with E-state index in [2.05, 4.69) is 55.7 Å². The summed E-state index contributed by atoms with van der Waals surface area (Å²) in [5.41, 5.74) is 2.53. The molecule has 3 aliphatic rings. The van der Waals surface area contributed by atoms with Gasteiger partial charge < -0.3 is 20.3 Å². The van der Waals surface area contributed by atoms with Crippen molar-refractivity contribution in [3.8, 4) is 5.75 Å². The molecular formula is C36H46F2N8O3. The minimum absolute atomic E-state index is 0.318. The molecule has 0 spiro atoms. The van der Waals surface area contributed by atoms with E-state index < -0.39 is 17.7 Å². The van der Waals surface area contributed by atoms with Gasteiger partial charge in [0.2, 0.25) is 5.91 Å². The van der Waals surface area contributed by atoms with Crippen molar-refractivity contribution in [3.63, 3.8) is 0 Å². The number of benzene rings is 2. The van der Waals surface area contributed by atoms with Crippen molar-refractivity contribution in [2.75, 3.05) is 73.6 Å². The lowest BCUT2D eigenvalue weighted by Gasteiger charge is -2.44. The maximum Gasteiger partial charge on any atom is 0.247 e. The van der Waals surface area contributed by atoms with E-state index in [-0.39, 0.29) is 5.91 Å². The summed E-state index contributed by atoms with van der Waals surface area (Å²) in [7, 11) is 1.60. The Labute approximate surface area is 286 Å². The highest BCUT2D eigenvalue weighted by Gasteiger charge is 2.31. The fourth-order valence-corrected chi connectivity index (χ4v) is 7.09. The van der Waals surface area contributed by atoms with E-state index in [0.717, 1.165) is 63.9 Å². The smallest absolute Gasteiger partial charge is 0.247 e. The zero-order chi connectivity index (χ0) is 34.5. The predicted octanol–water partition coefficient (Wildman–Crippen LogP) is 5.90. The standard InChI is InChI=1S/C36H46F2N8O3/c1-5-24(3)43-12-14-44(15-13-43)28-7-10-45(11-8-28)32-21-33(48-4)30(20-29(32)42-36(47)6-2)41-34-22-35(40-23-39-34)46-31(9-16-49-46)25-17-26(37)19-27(38)18-25/h6,17-24,28,31H,2,5,7-16H2,1,3-4H3,(H,42,47)(H,39,40,41). The first-order chi connectivity index (χ1) is 23.8. The molecule has 3 aromatic rings. The van der Waals surface area contributed by atoms with E-state index in [1.54, 1.807) is 18.2 Å². The summed E-state index contributed by atoms with van der Waals surface area (Å²) >= 11 is 0. The summed E-state index contributed by atoms with van der Waals surface area (Å²) in [5, 5.41) is 7.84. The van der Waals surface area contributed by atoms with Gasteiger partial charge in [0.15, 0.2) is 5.82 Å². The van der Waals surface area contributed by atoms with Crippen LogP contribution in [-0.4, -0.2) is 90.7 Å². The third-order valence-electron chi connectivity index (χ3n) is 9.96. The monoisotopic (exact) mass is 676 g/mol. The number of halogens is 2. The van der Waals surface area contributed by atoms with Gasteiger partial charge in [-0.15, -0.1) is 0 Å². The highest BCUT2D eigenvalue weighted by atomic mass is 19.1. The molecular weight excluding hydrogens is 630 g/mol. The molecule has 11 nitrogen and oxygen atoms in total. The molecule has 2 aromatic carbocycles. The highest BCUT2D eigenvalue weighted by molar-refractivity contribution is 6.02. The van der Waals surface area contributed by atoms with Gasteiger partial charge >= 0.3 is 0 Å². The van der Waals surface area contributed by atoms with Crippen LogP contribution < -0.4 is 25.3 Å². The zero-order valence-electron chi connectivity index (χ0n) is 28.5. The first-order valence-corrected chi connectivity index (χ1v) is 17.1. The van der Waals surface area contributed by atoms with Gasteiger partial charge in [0.25, 0.3) is 0 Å². The second kappa shape index (κ2) is 15.5. The lowest BCUT2D eigenvalue weighted by molar-refractivity contribution is -0.111. The van der Waals surface area contributed by atoms with Gasteiger partial charge in [-0.2, -0.15) is 0 Å². The molecule has 3 aliphatic heterocycles. The molecule has 0 saturated carbocycles. The topological polar surface area (TPSA) is 98.3 Å². The number of hydrogen-bond donors (Lipinski definition) is 2. The minimum Gasteiger partial charge on any atom is -0.494 e. The van der Waals surface area contributed by atoms with Crippen molar-refractivity contribution in [3.05, 3.63) is 72.6 Å². The van der Waals surface area contributed by atoms with Gasteiger partial charge in [0.05, 0.1) is 36.8 Å². The number of methoxy groups -OCH3 is 1. The molecule has 13 heteroatoms. The number of piperazine rings is 1. The van der Waals surface area contributed by atoms with Crippen molar-refractivity contribution in [2.24, 2.45) is 0 Å². The number of hydroxylamine groups is 1. The summed E-state index contributed by atoms with van der Waals surface area (Å²) in [6.07, 6.45) is 6.41. The molecule has 3 saturated heterocycles. The minimum atomic E-state index is -0.651. The van der Waals surface area contributed by atoms with E-state index in [0.29, 0.717) is 59.4 Å². The van der Waals surface area contributed by atoms with Crippen LogP contribution in [-0.2, 0) is 9.63 Å². The second-order valence-corrected chi connectivity index (χ2v) is 12.9. The molecule has 2 unspecified atom stereocenters. The van der Waals surface area contributed by atoms with Crippen LogP contribution in [0.3, 0.4) is 0 Å². The fourth-order valence-electron chi connectivity index (χ4n) is 7.09. The molecule has 0 radical (unpaired) electrons. The van der Waals surface area contributed by atoms with Crippen LogP contribution in [0.2, 0.25) is 0 Å². The summed E-state index contributed by atoms with van der Waals surface area (Å²) in [6, 6.07) is 9.65. The third kappa shape index (κ3) is 7.95. The SMILES string of the molecule is C=CC(=O)Nc1cc(Nc2cc(N3OCCC3c3cc(F)cc(F)c3)ncn2)c(OC)cc1N1CCC(N2CCN(C(C)CC)CC2)CC1. The van der Waals surface area contributed by atoms with Crippen LogP contribution in [0.4, 0.5) is 37.5 Å². The van der Waals surface area contributed by atoms with Crippen LogP contribution >= 0.6 is 0 Å². The Kier molecular flexibility index (Phi) is 10.9. The summed E-state index contributed by atoms with van der Waals surface area (Å²) < 4.78 is 33.9. The molecule has 0 aliphatic carbocycles. The predicted molar refractivity (Wildman–Crippen MR) is 187 cm³/mol. The normalized spacial score (nSPS) is 19.9. The molecule has 262 valence electrons. The van der Waals surface area contributed by atoms with Crippen LogP contribution in [0.1, 0.15) is 51.1 Å². The van der Waals surface area contributed by atoms with Gasteiger partial charge in [-0.25, -0.2) is 23.8 Å². The molecule has 4 heterocycles. The quantitative estimate of drug-likeness (QED) is 0.239. The van der Waals surface area contributed by atoms with Crippen molar-refractivity contribution >= 4 is 34.6 Å². The Morgan fingerprint density at radius 3 is 2.43 bits per heavy atom. The Balaban J connectivity index is 1.19. The Morgan fingerprint density at radius 1 is 1.02 bits per heavy atom. The number of nitrogens with one attached hydrogen (secondary N) is 2. The van der Waals surface area contributed by atoms with Crippen LogP contribution in [0.5, 0.6) is 5.75 Å². The summed E-state index contributed by atoms with van der Waals surface area (Å²) in [4.78, 5) is 34.7. The number of carbonyl (C=O) groups excluding carboxylic acids is 1. The molecule has 3 fully saturated rings. The molecule has 0 bridgehead atoms. The lowest BCUT2D eigenvalue weighted by Crippen LogP contribution is -2.54. The summed E-state index contributed by atoms with van der Waals surface area (Å²) in [5.74, 6) is -0.193. The van der Waals surface area contributed by atoms with Crippen LogP contribution in [0.15, 0.2) is 55.4 Å². The fraction of sp³-hybridized carbons (Fsp3) is 0.472. The summed E-state index contributed by atoms with van der Waals surface area (Å²) in [6.45, 7) is 14.7. The van der Waals surface area contributed by atoms with E-state index in [1.807, 2.05) is 12.1 Å². The van der Waals surface area contributed by atoms with E-state index in [9.17, 15) is 13.6 Å². The van der Waals surface area contributed by atoms with Gasteiger partial charge in [0, 0.05) is 76.0 Å². The van der Waals surface area contributed by atoms with Gasteiger partial charge in [-0.1, -0.05) is 13.5 Å². The number of ether oxygens (including phenoxy) is 1. The van der Waals surface area contributed by atoms with E-state index in [1.165, 1.54) is 31.0 Å². The van der Waals surface area contributed by atoms with Crippen molar-refractivity contribution in [1.82, 2.24) is 19.8 Å². The first-order valence-electron chi connectivity index (χ1n) is 17.1. The molecule has 6 rings (SSSR count). The average molecular weight is 677 g/mol. The number of hydrogen-bond acceptors (Lipinski definition) is 10. The Bertz CT molecular complexity index is 1610. The average Bonchev–Trinajstić information content (AvgIpc) is 3.62. The van der Waals surface area contributed by atoms with Gasteiger partial charge in [-0.3, -0.25) is 19.4 Å². The second-order valence-electron chi connectivity index (χ2n) is 12.9. The highest BCUT2D eigenvalue weighted by Crippen LogP contribution is 2.41. The van der Waals surface area contributed by atoms with Crippen molar-refractivity contribution < 1.29 is 23.1 Å². The molecule has 1 aromatic heterocycles. The number of aromatic nitrogens is 2. The lowest BCUT2D eigenvalue weighted by atomic mass is 10.0. The third-order valence-corrected chi connectivity index (χ3v) is 9.96. The zero-order valence-corrected chi connectivity index (χ0v) is 28.5. The molecule has 49 heavy (non-hydrogen) atoms. The van der Waals surface area contributed by atoms with E-state index >= 15 is 0 Å². The Hall–Kier alpha value is -4.33. The van der Waals surface area contributed by atoms with Gasteiger partial charge in [0.1, 0.15) is 29.5 Å². The largest absolute Gasteiger partial charge is 0.494 e. The maximum absolute atomic E-state index is 14.0. The van der Waals surface area contributed by atoms with Gasteiger partial charge in [-0.05, 0) is 56.0 Å². The van der Waals surface area contributed by atoms with Crippen molar-refractivity contribution in [1.29, 1.82) is 0 Å². The van der Waals surface area contributed by atoms with E-state index in [4.69, 9.17) is 9.57 Å². The Morgan fingerprint density at radius 2 is 1.76 bits per heavy atom. The number of rotatable bonds is 11. The number of nitrogens with zero attached hydrogens (tertiary/aromatic N) is 6.